The molecular weight excluding hydrogens is 625 g/mol. The van der Waals surface area contributed by atoms with Crippen molar-refractivity contribution < 1.29 is 34.0 Å². The Morgan fingerprint density at radius 2 is 2.24 bits per heavy atom. The van der Waals surface area contributed by atoms with Gasteiger partial charge in [0, 0.05) is 29.5 Å². The maximum atomic E-state index is 13.1. The van der Waals surface area contributed by atoms with Crippen LogP contribution in [0.3, 0.4) is 0 Å². The molecule has 3 unspecified atom stereocenters. The van der Waals surface area contributed by atoms with E-state index in [-0.39, 0.29) is 33.4 Å². The van der Waals surface area contributed by atoms with Gasteiger partial charge in [-0.2, -0.15) is 4.59 Å². The first-order valence-electron chi connectivity index (χ1n) is 12.9. The number of quaternary nitrogens is 1. The molecular formula is C24H30N8O6S4. The molecule has 0 radical (unpaired) electrons. The molecule has 1 aromatic rings. The van der Waals surface area contributed by atoms with Gasteiger partial charge in [-0.25, -0.2) is 9.98 Å². The van der Waals surface area contributed by atoms with E-state index in [1.807, 2.05) is 11.6 Å². The van der Waals surface area contributed by atoms with Crippen molar-refractivity contribution in [2.75, 3.05) is 57.6 Å². The zero-order valence-electron chi connectivity index (χ0n) is 22.8. The first-order valence-corrected chi connectivity index (χ1v) is 16.8. The van der Waals surface area contributed by atoms with Crippen LogP contribution in [0.25, 0.3) is 0 Å². The molecule has 0 aromatic carbocycles. The largest absolute Gasteiger partial charge is 0.543 e. The highest BCUT2D eigenvalue weighted by Crippen LogP contribution is 2.42. The Morgan fingerprint density at radius 3 is 2.88 bits per heavy atom. The number of carboxylic acids is 1. The lowest BCUT2D eigenvalue weighted by atomic mass is 10.0. The molecule has 4 aliphatic rings. The van der Waals surface area contributed by atoms with E-state index in [1.54, 1.807) is 17.1 Å². The van der Waals surface area contributed by atoms with Crippen molar-refractivity contribution in [2.45, 2.75) is 22.4 Å². The number of hydrogen-bond acceptors (Lipinski definition) is 15. The Bertz CT molecular complexity index is 1380. The predicted molar refractivity (Wildman–Crippen MR) is 162 cm³/mol. The first kappa shape index (κ1) is 30.8. The van der Waals surface area contributed by atoms with Crippen molar-refractivity contribution in [3.63, 3.8) is 0 Å². The Kier molecular flexibility index (Phi) is 9.50. The van der Waals surface area contributed by atoms with E-state index in [2.05, 4.69) is 27.5 Å². The fourth-order valence-corrected chi connectivity index (χ4v) is 9.28. The number of fused-ring (bicyclic) bond motifs is 1. The zero-order valence-corrected chi connectivity index (χ0v) is 26.1. The summed E-state index contributed by atoms with van der Waals surface area (Å²) < 4.78 is 0.509. The van der Waals surface area contributed by atoms with Crippen LogP contribution in [0.2, 0.25) is 0 Å². The Balaban J connectivity index is 1.22. The summed E-state index contributed by atoms with van der Waals surface area (Å²) in [6.45, 7) is 2.47. The number of aliphatic hydroxyl groups excluding tert-OH is 1. The number of carbonyl (C=O) groups excluding carboxylic acids is 3. The van der Waals surface area contributed by atoms with Crippen LogP contribution in [0.1, 0.15) is 12.1 Å². The Labute approximate surface area is 258 Å². The average molecular weight is 655 g/mol. The standard InChI is InChI=1S/C24H30N8O6S4/c1-32(6-3-4-30(32)5-7-33)15-12-40-16(8-26-15)39-9-13-10-41-22-18(21(35)31(22)19(13)23(36)37)28-20(34)17(29-38-2)14-11-42-24(25)27-14/h8,11-12,16,18,22,33H,3-7,9-10H2,1-2H3,(H3-,25,27,28,34,36,37)/b29-17-/t16?,18-,22?,32?/m1/s1. The summed E-state index contributed by atoms with van der Waals surface area (Å²) in [5.41, 5.74) is 6.16. The Morgan fingerprint density at radius 1 is 1.43 bits per heavy atom. The predicted octanol–water partition coefficient (Wildman–Crippen LogP) is -0.785. The average Bonchev–Trinajstić information content (AvgIpc) is 3.58. The zero-order chi connectivity index (χ0) is 30.0. The minimum absolute atomic E-state index is 0.0372. The maximum Gasteiger partial charge on any atom is 0.276 e. The van der Waals surface area contributed by atoms with Gasteiger partial charge in [0.1, 0.15) is 30.8 Å². The fourth-order valence-electron chi connectivity index (χ4n) is 5.15. The highest BCUT2D eigenvalue weighted by atomic mass is 32.2. The van der Waals surface area contributed by atoms with Crippen LogP contribution in [-0.2, 0) is 19.2 Å². The summed E-state index contributed by atoms with van der Waals surface area (Å²) >= 11 is 5.62. The summed E-state index contributed by atoms with van der Waals surface area (Å²) in [5.74, 6) is -1.03. The summed E-state index contributed by atoms with van der Waals surface area (Å²) in [5, 5.41) is 33.4. The number of aromatic nitrogens is 1. The van der Waals surface area contributed by atoms with Crippen LogP contribution >= 0.6 is 46.6 Å². The number of anilines is 1. The fraction of sp³-hybridized carbons (Fsp3) is 0.500. The number of β-lactam (4-membered cyclic amide) rings is 1. The molecule has 5 heterocycles. The van der Waals surface area contributed by atoms with Crippen LogP contribution in [0.4, 0.5) is 5.13 Å². The number of aliphatic imine (C=N–C) groups is 1. The highest BCUT2D eigenvalue weighted by molar-refractivity contribution is 8.19. The number of thiazole rings is 1. The number of rotatable bonds is 11. The number of nitrogens with zero attached hydrogens (tertiary/aromatic N) is 6. The van der Waals surface area contributed by atoms with E-state index in [9.17, 15) is 24.6 Å². The molecule has 0 aliphatic carbocycles. The number of nitrogens with one attached hydrogen (secondary N) is 1. The van der Waals surface area contributed by atoms with Gasteiger partial charge in [0.05, 0.1) is 48.4 Å². The van der Waals surface area contributed by atoms with Crippen molar-refractivity contribution in [3.05, 3.63) is 33.6 Å². The molecule has 0 spiro atoms. The van der Waals surface area contributed by atoms with Crippen molar-refractivity contribution in [2.24, 2.45) is 10.1 Å². The topological polar surface area (TPSA) is 186 Å². The number of thioether (sulfide) groups is 3. The summed E-state index contributed by atoms with van der Waals surface area (Å²) in [6.07, 6.45) is 2.88. The molecule has 2 saturated heterocycles. The number of nitrogens with two attached hydrogens (primary N) is 1. The van der Waals surface area contributed by atoms with E-state index < -0.39 is 29.2 Å². The van der Waals surface area contributed by atoms with Crippen LogP contribution in [-0.4, -0.2) is 122 Å². The molecule has 5 rings (SSSR count). The van der Waals surface area contributed by atoms with Gasteiger partial charge in [-0.3, -0.25) is 14.5 Å². The minimum Gasteiger partial charge on any atom is -0.543 e. The lowest BCUT2D eigenvalue weighted by molar-refractivity contribution is -0.973. The minimum atomic E-state index is -1.43. The molecule has 2 fully saturated rings. The SMILES string of the molecule is CO/N=C(\C(=O)N[C@@H]1C(=O)N2C(C(=O)[O-])=C(CSC3C=NC([N+]4(C)CCCN4CCO)=CS3)CSC12)c1csc(N)n1. The second kappa shape index (κ2) is 12.9. The van der Waals surface area contributed by atoms with Crippen molar-refractivity contribution >= 4 is 81.5 Å². The summed E-state index contributed by atoms with van der Waals surface area (Å²) in [4.78, 5) is 52.9. The van der Waals surface area contributed by atoms with Crippen LogP contribution in [0.5, 0.6) is 0 Å². The lowest BCUT2D eigenvalue weighted by Crippen LogP contribution is -2.71. The highest BCUT2D eigenvalue weighted by Gasteiger charge is 2.53. The molecule has 4 atom stereocenters. The quantitative estimate of drug-likeness (QED) is 0.117. The maximum absolute atomic E-state index is 13.1. The van der Waals surface area contributed by atoms with Gasteiger partial charge in [0.2, 0.25) is 0 Å². The van der Waals surface area contributed by atoms with Gasteiger partial charge < -0.3 is 30.9 Å². The summed E-state index contributed by atoms with van der Waals surface area (Å²) in [7, 11) is 3.37. The van der Waals surface area contributed by atoms with Gasteiger partial charge >= 0.3 is 0 Å². The van der Waals surface area contributed by atoms with Crippen molar-refractivity contribution in [1.29, 1.82) is 0 Å². The number of aliphatic hydroxyl groups is 1. The smallest absolute Gasteiger partial charge is 0.276 e. The second-order valence-electron chi connectivity index (χ2n) is 9.76. The van der Waals surface area contributed by atoms with Crippen LogP contribution in [0, 0.1) is 0 Å². The van der Waals surface area contributed by atoms with Gasteiger partial charge in [-0.1, -0.05) is 5.16 Å². The molecule has 0 saturated carbocycles. The number of carboxylic acid groups (broad SMARTS) is 1. The number of oxime groups is 1. The van der Waals surface area contributed by atoms with Gasteiger partial charge in [0.25, 0.3) is 17.6 Å². The van der Waals surface area contributed by atoms with E-state index in [4.69, 9.17) is 15.6 Å². The molecule has 1 aromatic heterocycles. The normalized spacial score (nSPS) is 27.9. The van der Waals surface area contributed by atoms with E-state index in [1.165, 1.54) is 35.5 Å². The monoisotopic (exact) mass is 654 g/mol. The van der Waals surface area contributed by atoms with E-state index >= 15 is 0 Å². The third-order valence-corrected chi connectivity index (χ3v) is 11.7. The molecule has 2 amide bonds. The second-order valence-corrected chi connectivity index (χ2v) is 14.2. The molecule has 4 aliphatic heterocycles. The van der Waals surface area contributed by atoms with Crippen molar-refractivity contribution in [1.82, 2.24) is 20.2 Å². The molecule has 18 heteroatoms. The lowest BCUT2D eigenvalue weighted by Gasteiger charge is -2.50. The third-order valence-electron chi connectivity index (χ3n) is 7.23. The third kappa shape index (κ3) is 5.93. The summed E-state index contributed by atoms with van der Waals surface area (Å²) in [6, 6.07) is -0.950. The van der Waals surface area contributed by atoms with Crippen LogP contribution in [0.15, 0.2) is 38.0 Å². The number of carbonyl (C=O) groups is 3. The van der Waals surface area contributed by atoms with E-state index in [0.717, 1.165) is 36.7 Å². The molecule has 14 nitrogen and oxygen atoms in total. The van der Waals surface area contributed by atoms with Crippen LogP contribution < -0.4 is 16.2 Å². The van der Waals surface area contributed by atoms with E-state index in [0.29, 0.717) is 28.2 Å². The number of hydrogen-bond donors (Lipinski definition) is 3. The number of amides is 2. The first-order chi connectivity index (χ1) is 20.2. The number of nitrogen functional groups attached to an aromatic ring is 1. The molecule has 0 bridgehead atoms. The molecule has 226 valence electrons. The van der Waals surface area contributed by atoms with Gasteiger partial charge in [-0.05, 0) is 5.57 Å². The number of β-amino-alcohol motifs (C(OH)–C–C–N with tert-alkyl or cyclic N) is 1. The Hall–Kier alpha value is -2.61. The number of aliphatic carboxylic acids is 1. The van der Waals surface area contributed by atoms with Gasteiger partial charge in [-0.15, -0.1) is 51.6 Å². The van der Waals surface area contributed by atoms with Crippen molar-refractivity contribution in [3.8, 4) is 0 Å². The molecule has 4 N–H and O–H groups in total. The molecule has 42 heavy (non-hydrogen) atoms. The van der Waals surface area contributed by atoms with Gasteiger partial charge in [0.15, 0.2) is 10.8 Å².